The van der Waals surface area contributed by atoms with Gasteiger partial charge in [0.15, 0.2) is 0 Å². The second-order valence-corrected chi connectivity index (χ2v) is 5.20. The number of nitrogens with zero attached hydrogens (tertiary/aromatic N) is 1. The molecule has 0 spiro atoms. The van der Waals surface area contributed by atoms with E-state index >= 15 is 0 Å². The van der Waals surface area contributed by atoms with Crippen molar-refractivity contribution in [2.75, 3.05) is 4.90 Å². The summed E-state index contributed by atoms with van der Waals surface area (Å²) >= 11 is 0. The standard InChI is InChI=1S/C17H14N2O/c18-17(20)19-10-11-5-1-2-6-12(11)14-9-15(14)13-7-3-4-8-16(13)19/h1-8H,9-10H2,(H2,18,20)/p-1. The molecule has 0 aromatic heterocycles. The molecule has 4 rings (SSSR count). The zero-order valence-corrected chi connectivity index (χ0v) is 10.9. The highest BCUT2D eigenvalue weighted by molar-refractivity contribution is 6.12. The third-order valence-corrected chi connectivity index (χ3v) is 4.03. The van der Waals surface area contributed by atoms with E-state index in [1.54, 1.807) is 4.90 Å². The summed E-state index contributed by atoms with van der Waals surface area (Å²) in [6.07, 6.45) is 0.980. The van der Waals surface area contributed by atoms with Crippen molar-refractivity contribution in [1.82, 2.24) is 0 Å². The molecule has 0 saturated heterocycles. The Bertz CT molecular complexity index is 761. The van der Waals surface area contributed by atoms with E-state index in [0.29, 0.717) is 6.54 Å². The summed E-state index contributed by atoms with van der Waals surface area (Å²) in [6, 6.07) is 15.4. The van der Waals surface area contributed by atoms with Crippen LogP contribution in [0.5, 0.6) is 0 Å². The fourth-order valence-corrected chi connectivity index (χ4v) is 3.00. The second-order valence-electron chi connectivity index (χ2n) is 5.20. The largest absolute Gasteiger partial charge is 0.846 e. The topological polar surface area (TPSA) is 50.1 Å². The van der Waals surface area contributed by atoms with Gasteiger partial charge in [-0.1, -0.05) is 42.5 Å². The minimum absolute atomic E-state index is 0.465. The van der Waals surface area contributed by atoms with Gasteiger partial charge >= 0.3 is 0 Å². The number of allylic oxidation sites excluding steroid dienone is 2. The smallest absolute Gasteiger partial charge is 0.0512 e. The van der Waals surface area contributed by atoms with E-state index < -0.39 is 6.02 Å². The molecule has 1 aliphatic carbocycles. The molecule has 0 unspecified atom stereocenters. The number of benzene rings is 2. The lowest BCUT2D eigenvalue weighted by atomic mass is 10.0. The first-order valence-electron chi connectivity index (χ1n) is 6.68. The van der Waals surface area contributed by atoms with Crippen LogP contribution in [0.1, 0.15) is 23.1 Å². The molecule has 2 aliphatic rings. The fraction of sp³-hybridized carbons (Fsp3) is 0.118. The number of amidine groups is 1. The number of fused-ring (bicyclic) bond motifs is 4. The maximum atomic E-state index is 11.7. The monoisotopic (exact) mass is 261 g/mol. The summed E-state index contributed by atoms with van der Waals surface area (Å²) in [5.74, 6) is 0. The van der Waals surface area contributed by atoms with Gasteiger partial charge in [-0.3, -0.25) is 5.41 Å². The molecule has 20 heavy (non-hydrogen) atoms. The number of hydrogen-bond acceptors (Lipinski definition) is 2. The fourth-order valence-electron chi connectivity index (χ4n) is 3.00. The van der Waals surface area contributed by atoms with Crippen LogP contribution < -0.4 is 10.0 Å². The Kier molecular flexibility index (Phi) is 2.24. The number of hydrogen-bond donors (Lipinski definition) is 1. The lowest BCUT2D eigenvalue weighted by Crippen LogP contribution is -2.39. The summed E-state index contributed by atoms with van der Waals surface area (Å²) in [5.41, 5.74) is 6.98. The van der Waals surface area contributed by atoms with Gasteiger partial charge < -0.3 is 10.0 Å². The molecule has 0 saturated carbocycles. The average Bonchev–Trinajstić information content (AvgIpc) is 3.23. The van der Waals surface area contributed by atoms with Crippen LogP contribution in [0, 0.1) is 5.41 Å². The Hall–Kier alpha value is -2.55. The van der Waals surface area contributed by atoms with Gasteiger partial charge in [0.1, 0.15) is 0 Å². The Balaban J connectivity index is 1.99. The summed E-state index contributed by atoms with van der Waals surface area (Å²) in [6.45, 7) is 0.465. The number of para-hydroxylation sites is 1. The Morgan fingerprint density at radius 2 is 1.60 bits per heavy atom. The first-order valence-corrected chi connectivity index (χ1v) is 6.68. The molecule has 98 valence electrons. The van der Waals surface area contributed by atoms with Crippen molar-refractivity contribution >= 4 is 22.9 Å². The van der Waals surface area contributed by atoms with E-state index in [-0.39, 0.29) is 0 Å². The molecule has 3 nitrogen and oxygen atoms in total. The van der Waals surface area contributed by atoms with Crippen molar-refractivity contribution in [3.63, 3.8) is 0 Å². The molecular weight excluding hydrogens is 248 g/mol. The van der Waals surface area contributed by atoms with Crippen LogP contribution in [0.4, 0.5) is 5.69 Å². The average molecular weight is 261 g/mol. The molecule has 3 heteroatoms. The van der Waals surface area contributed by atoms with Gasteiger partial charge in [-0.2, -0.15) is 0 Å². The van der Waals surface area contributed by atoms with Crippen LogP contribution in [0.25, 0.3) is 11.1 Å². The molecule has 1 N–H and O–H groups in total. The van der Waals surface area contributed by atoms with Crippen LogP contribution in [0.3, 0.4) is 0 Å². The number of anilines is 1. The van der Waals surface area contributed by atoms with Crippen LogP contribution in [-0.4, -0.2) is 6.02 Å². The van der Waals surface area contributed by atoms with E-state index in [1.807, 2.05) is 42.5 Å². The zero-order chi connectivity index (χ0) is 13.7. The van der Waals surface area contributed by atoms with Crippen molar-refractivity contribution in [3.05, 3.63) is 65.2 Å². The van der Waals surface area contributed by atoms with E-state index in [0.717, 1.165) is 23.2 Å². The predicted molar refractivity (Wildman–Crippen MR) is 78.2 cm³/mol. The molecule has 2 aromatic rings. The van der Waals surface area contributed by atoms with E-state index in [2.05, 4.69) is 6.07 Å². The minimum atomic E-state index is -0.656. The third kappa shape index (κ3) is 1.56. The summed E-state index contributed by atoms with van der Waals surface area (Å²) in [5, 5.41) is 19.3. The molecule has 1 aliphatic heterocycles. The van der Waals surface area contributed by atoms with Crippen LogP contribution in [-0.2, 0) is 6.54 Å². The lowest BCUT2D eigenvalue weighted by molar-refractivity contribution is -0.219. The molecule has 0 fully saturated rings. The molecule has 0 atom stereocenters. The predicted octanol–water partition coefficient (Wildman–Crippen LogP) is 2.62. The van der Waals surface area contributed by atoms with E-state index in [9.17, 15) is 5.11 Å². The highest BCUT2D eigenvalue weighted by Crippen LogP contribution is 2.51. The maximum absolute atomic E-state index is 11.7. The second kappa shape index (κ2) is 3.97. The van der Waals surface area contributed by atoms with Crippen molar-refractivity contribution < 1.29 is 5.11 Å². The lowest BCUT2D eigenvalue weighted by Gasteiger charge is -2.31. The van der Waals surface area contributed by atoms with Gasteiger partial charge in [0.05, 0.1) is 6.02 Å². The van der Waals surface area contributed by atoms with Crippen LogP contribution in [0.2, 0.25) is 0 Å². The first kappa shape index (κ1) is 11.3. The highest BCUT2D eigenvalue weighted by atomic mass is 16.3. The molecule has 1 heterocycles. The summed E-state index contributed by atoms with van der Waals surface area (Å²) < 4.78 is 0. The quantitative estimate of drug-likeness (QED) is 0.585. The highest BCUT2D eigenvalue weighted by Gasteiger charge is 2.31. The van der Waals surface area contributed by atoms with Crippen molar-refractivity contribution in [2.45, 2.75) is 13.0 Å². The number of nitrogens with one attached hydrogen (secondary N) is 1. The van der Waals surface area contributed by atoms with Crippen LogP contribution >= 0.6 is 0 Å². The first-order chi connectivity index (χ1) is 9.75. The Labute approximate surface area is 117 Å². The van der Waals surface area contributed by atoms with Crippen molar-refractivity contribution in [2.24, 2.45) is 0 Å². The summed E-state index contributed by atoms with van der Waals surface area (Å²) in [4.78, 5) is 1.55. The van der Waals surface area contributed by atoms with Crippen molar-refractivity contribution in [1.29, 1.82) is 5.41 Å². The Morgan fingerprint density at radius 3 is 2.40 bits per heavy atom. The van der Waals surface area contributed by atoms with Gasteiger partial charge in [-0.15, -0.1) is 0 Å². The van der Waals surface area contributed by atoms with Crippen molar-refractivity contribution in [3.8, 4) is 0 Å². The maximum Gasteiger partial charge on any atom is 0.0512 e. The van der Waals surface area contributed by atoms with Gasteiger partial charge in [-0.05, 0) is 34.8 Å². The van der Waals surface area contributed by atoms with E-state index in [4.69, 9.17) is 5.41 Å². The van der Waals surface area contributed by atoms with Gasteiger partial charge in [0.25, 0.3) is 0 Å². The third-order valence-electron chi connectivity index (χ3n) is 4.03. The van der Waals surface area contributed by atoms with Gasteiger partial charge in [0, 0.05) is 17.8 Å². The normalized spacial score (nSPS) is 15.7. The van der Waals surface area contributed by atoms with Crippen LogP contribution in [0.15, 0.2) is 48.5 Å². The zero-order valence-electron chi connectivity index (χ0n) is 10.9. The molecule has 2 aromatic carbocycles. The number of rotatable bonds is 0. The molecular formula is C17H13N2O-. The SMILES string of the molecule is N=C([O-])N1Cc2ccccc2C2=C(C2)c2ccccc21. The molecule has 0 bridgehead atoms. The van der Waals surface area contributed by atoms with Gasteiger partial charge in [-0.25, -0.2) is 0 Å². The Morgan fingerprint density at radius 1 is 0.950 bits per heavy atom. The van der Waals surface area contributed by atoms with Gasteiger partial charge in [0.2, 0.25) is 0 Å². The van der Waals surface area contributed by atoms with E-state index in [1.165, 1.54) is 16.7 Å². The molecule has 0 radical (unpaired) electrons. The minimum Gasteiger partial charge on any atom is -0.846 e. The molecule has 0 amide bonds. The summed E-state index contributed by atoms with van der Waals surface area (Å²) in [7, 11) is 0.